The molecule has 19 heavy (non-hydrogen) atoms. The largest absolute Gasteiger partial charge is 0.198 e. The average molecular weight is 288 g/mol. The maximum atomic E-state index is 9.24. The van der Waals surface area contributed by atoms with Gasteiger partial charge in [0.25, 0.3) is 0 Å². The van der Waals surface area contributed by atoms with Crippen LogP contribution in [0.4, 0.5) is 0 Å². The molecule has 2 rings (SSSR count). The molecule has 1 unspecified atom stereocenters. The fraction of sp³-hybridized carbons (Fsp3) is 0.188. The highest BCUT2D eigenvalue weighted by Crippen LogP contribution is 2.25. The number of nitriles is 1. The molecule has 2 aromatic carbocycles. The molecular weight excluding hydrogens is 274 g/mol. The lowest BCUT2D eigenvalue weighted by molar-refractivity contribution is 0.996. The van der Waals surface area contributed by atoms with Crippen LogP contribution in [0.2, 0.25) is 5.02 Å². The van der Waals surface area contributed by atoms with Gasteiger partial charge in [-0.2, -0.15) is 17.0 Å². The number of rotatable bonds is 5. The van der Waals surface area contributed by atoms with Crippen molar-refractivity contribution in [2.45, 2.75) is 11.7 Å². The smallest absolute Gasteiger partial charge is 0.0803 e. The van der Waals surface area contributed by atoms with Crippen LogP contribution < -0.4 is 0 Å². The Morgan fingerprint density at radius 1 is 1.05 bits per heavy atom. The van der Waals surface area contributed by atoms with E-state index < -0.39 is 0 Å². The van der Waals surface area contributed by atoms with Crippen molar-refractivity contribution in [3.05, 3.63) is 70.7 Å². The van der Waals surface area contributed by atoms with Crippen molar-refractivity contribution in [2.24, 2.45) is 0 Å². The zero-order valence-electron chi connectivity index (χ0n) is 10.4. The van der Waals surface area contributed by atoms with Gasteiger partial charge in [-0.15, -0.1) is 0 Å². The Balaban J connectivity index is 1.92. The Morgan fingerprint density at radius 2 is 1.74 bits per heavy atom. The van der Waals surface area contributed by atoms with E-state index in [9.17, 15) is 5.26 Å². The Kier molecular flexibility index (Phi) is 5.32. The second-order valence-electron chi connectivity index (χ2n) is 4.20. The van der Waals surface area contributed by atoms with E-state index in [4.69, 9.17) is 11.6 Å². The van der Waals surface area contributed by atoms with Crippen molar-refractivity contribution < 1.29 is 0 Å². The van der Waals surface area contributed by atoms with Crippen LogP contribution in [0.3, 0.4) is 0 Å². The molecule has 0 aromatic heterocycles. The molecule has 0 saturated carbocycles. The molecule has 0 saturated heterocycles. The van der Waals surface area contributed by atoms with Crippen molar-refractivity contribution in [3.63, 3.8) is 0 Å². The first-order chi connectivity index (χ1) is 9.31. The summed E-state index contributed by atoms with van der Waals surface area (Å²) >= 11 is 7.85. The highest BCUT2D eigenvalue weighted by molar-refractivity contribution is 7.98. The molecule has 96 valence electrons. The summed E-state index contributed by atoms with van der Waals surface area (Å²) in [6.45, 7) is 0. The SMILES string of the molecule is N#CC(CSCc1ccccc1Cl)c1ccccc1. The number of hydrogen-bond donors (Lipinski definition) is 0. The third-order valence-electron chi connectivity index (χ3n) is 2.86. The lowest BCUT2D eigenvalue weighted by Gasteiger charge is -2.09. The Bertz CT molecular complexity index is 562. The van der Waals surface area contributed by atoms with E-state index in [2.05, 4.69) is 6.07 Å². The van der Waals surface area contributed by atoms with E-state index >= 15 is 0 Å². The summed E-state index contributed by atoms with van der Waals surface area (Å²) < 4.78 is 0. The van der Waals surface area contributed by atoms with Gasteiger partial charge in [-0.25, -0.2) is 0 Å². The third-order valence-corrected chi connectivity index (χ3v) is 4.31. The lowest BCUT2D eigenvalue weighted by Crippen LogP contribution is -1.99. The Morgan fingerprint density at radius 3 is 2.42 bits per heavy atom. The zero-order chi connectivity index (χ0) is 13.5. The Labute approximate surface area is 123 Å². The minimum atomic E-state index is -0.0614. The van der Waals surface area contributed by atoms with E-state index in [0.717, 1.165) is 27.7 Å². The minimum absolute atomic E-state index is 0.0614. The van der Waals surface area contributed by atoms with E-state index in [1.54, 1.807) is 11.8 Å². The first-order valence-electron chi connectivity index (χ1n) is 6.07. The third kappa shape index (κ3) is 4.02. The van der Waals surface area contributed by atoms with Gasteiger partial charge in [-0.05, 0) is 17.2 Å². The second kappa shape index (κ2) is 7.23. The Hall–Kier alpha value is -1.43. The van der Waals surface area contributed by atoms with Gasteiger partial charge >= 0.3 is 0 Å². The summed E-state index contributed by atoms with van der Waals surface area (Å²) in [5, 5.41) is 10.0. The molecule has 0 bridgehead atoms. The summed E-state index contributed by atoms with van der Waals surface area (Å²) in [5.74, 6) is 1.56. The standard InChI is InChI=1S/C16H14ClNS/c17-16-9-5-4-8-14(16)11-19-12-15(10-18)13-6-2-1-3-7-13/h1-9,15H,11-12H2. The second-order valence-corrected chi connectivity index (χ2v) is 5.64. The maximum Gasteiger partial charge on any atom is 0.0803 e. The van der Waals surface area contributed by atoms with Gasteiger partial charge in [0.15, 0.2) is 0 Å². The summed E-state index contributed by atoms with van der Waals surface area (Å²) in [5.41, 5.74) is 2.20. The van der Waals surface area contributed by atoms with Crippen LogP contribution in [0.5, 0.6) is 0 Å². The topological polar surface area (TPSA) is 23.8 Å². The molecule has 0 N–H and O–H groups in total. The predicted molar refractivity (Wildman–Crippen MR) is 82.4 cm³/mol. The lowest BCUT2D eigenvalue weighted by atomic mass is 10.0. The fourth-order valence-corrected chi connectivity index (χ4v) is 3.17. The predicted octanol–water partition coefficient (Wildman–Crippen LogP) is 4.88. The van der Waals surface area contributed by atoms with Crippen molar-refractivity contribution in [3.8, 4) is 6.07 Å². The maximum absolute atomic E-state index is 9.24. The number of thioether (sulfide) groups is 1. The van der Waals surface area contributed by atoms with Crippen molar-refractivity contribution in [2.75, 3.05) is 5.75 Å². The molecule has 1 nitrogen and oxygen atoms in total. The fourth-order valence-electron chi connectivity index (χ4n) is 1.80. The van der Waals surface area contributed by atoms with Crippen LogP contribution >= 0.6 is 23.4 Å². The van der Waals surface area contributed by atoms with Crippen molar-refractivity contribution in [1.29, 1.82) is 5.26 Å². The summed E-state index contributed by atoms with van der Waals surface area (Å²) in [4.78, 5) is 0. The van der Waals surface area contributed by atoms with Crippen LogP contribution in [0.25, 0.3) is 0 Å². The van der Waals surface area contributed by atoms with Crippen molar-refractivity contribution in [1.82, 2.24) is 0 Å². The highest BCUT2D eigenvalue weighted by atomic mass is 35.5. The normalized spacial score (nSPS) is 11.8. The monoisotopic (exact) mass is 287 g/mol. The summed E-state index contributed by atoms with van der Waals surface area (Å²) in [7, 11) is 0. The molecule has 0 heterocycles. The van der Waals surface area contributed by atoms with E-state index in [0.29, 0.717) is 0 Å². The molecule has 1 atom stereocenters. The first kappa shape index (κ1) is 14.0. The van der Waals surface area contributed by atoms with Crippen LogP contribution in [0.1, 0.15) is 17.0 Å². The minimum Gasteiger partial charge on any atom is -0.198 e. The van der Waals surface area contributed by atoms with E-state index in [-0.39, 0.29) is 5.92 Å². The quantitative estimate of drug-likeness (QED) is 0.782. The first-order valence-corrected chi connectivity index (χ1v) is 7.60. The van der Waals surface area contributed by atoms with Crippen LogP contribution in [-0.4, -0.2) is 5.75 Å². The molecule has 0 spiro atoms. The van der Waals surface area contributed by atoms with Gasteiger partial charge in [0, 0.05) is 16.5 Å². The molecule has 0 fully saturated rings. The van der Waals surface area contributed by atoms with Gasteiger partial charge in [0.1, 0.15) is 0 Å². The highest BCUT2D eigenvalue weighted by Gasteiger charge is 2.10. The molecule has 0 aliphatic heterocycles. The van der Waals surface area contributed by atoms with Crippen LogP contribution in [0.15, 0.2) is 54.6 Å². The number of hydrogen-bond acceptors (Lipinski definition) is 2. The molecule has 0 radical (unpaired) electrons. The number of halogens is 1. The van der Waals surface area contributed by atoms with Crippen molar-refractivity contribution >= 4 is 23.4 Å². The molecule has 2 aromatic rings. The van der Waals surface area contributed by atoms with Gasteiger partial charge in [0.05, 0.1) is 12.0 Å². The number of benzene rings is 2. The van der Waals surface area contributed by atoms with E-state index in [1.165, 1.54) is 0 Å². The number of nitrogens with zero attached hydrogens (tertiary/aromatic N) is 1. The average Bonchev–Trinajstić information content (AvgIpc) is 2.46. The zero-order valence-corrected chi connectivity index (χ0v) is 12.0. The molecule has 3 heteroatoms. The van der Waals surface area contributed by atoms with Gasteiger partial charge < -0.3 is 0 Å². The summed E-state index contributed by atoms with van der Waals surface area (Å²) in [6, 6.07) is 20.1. The molecular formula is C16H14ClNS. The van der Waals surface area contributed by atoms with Gasteiger partial charge in [0.2, 0.25) is 0 Å². The molecule has 0 amide bonds. The van der Waals surface area contributed by atoms with Gasteiger partial charge in [-0.3, -0.25) is 0 Å². The van der Waals surface area contributed by atoms with Crippen LogP contribution in [-0.2, 0) is 5.75 Å². The van der Waals surface area contributed by atoms with Crippen LogP contribution in [0, 0.1) is 11.3 Å². The van der Waals surface area contributed by atoms with E-state index in [1.807, 2.05) is 54.6 Å². The van der Waals surface area contributed by atoms with Gasteiger partial charge in [-0.1, -0.05) is 60.1 Å². The molecule has 0 aliphatic rings. The molecule has 0 aliphatic carbocycles. The summed E-state index contributed by atoms with van der Waals surface area (Å²) in [6.07, 6.45) is 0.